The van der Waals surface area contributed by atoms with Crippen molar-refractivity contribution in [3.63, 3.8) is 0 Å². The van der Waals surface area contributed by atoms with Crippen LogP contribution in [0.4, 0.5) is 5.69 Å². The molecule has 0 aliphatic heterocycles. The Morgan fingerprint density at radius 3 is 2.05 bits per heavy atom. The Kier molecular flexibility index (Phi) is 9.80. The molecule has 1 N–H and O–H groups in total. The maximum atomic E-state index is 13.9. The summed E-state index contributed by atoms with van der Waals surface area (Å²) in [4.78, 5) is 28.4. The third-order valence-electron chi connectivity index (χ3n) is 6.53. The Bertz CT molecular complexity index is 1420. The highest BCUT2D eigenvalue weighted by molar-refractivity contribution is 7.92. The van der Waals surface area contributed by atoms with Crippen LogP contribution in [0, 0.1) is 20.8 Å². The molecule has 208 valence electrons. The molecule has 3 aromatic carbocycles. The van der Waals surface area contributed by atoms with Crippen LogP contribution in [-0.4, -0.2) is 43.8 Å². The quantitative estimate of drug-likeness (QED) is 0.354. The first-order chi connectivity index (χ1) is 18.3. The number of carbonyl (C=O) groups excluding carboxylic acids is 2. The highest BCUT2D eigenvalue weighted by atomic mass is 35.5. The zero-order valence-electron chi connectivity index (χ0n) is 23.2. The first-order valence-corrected chi connectivity index (χ1v) is 14.6. The van der Waals surface area contributed by atoms with Gasteiger partial charge in [0.05, 0.1) is 10.6 Å². The summed E-state index contributed by atoms with van der Waals surface area (Å²) in [6.07, 6.45) is 0. The molecule has 0 fully saturated rings. The summed E-state index contributed by atoms with van der Waals surface area (Å²) in [6, 6.07) is 17.8. The predicted octanol–water partition coefficient (Wildman–Crippen LogP) is 5.40. The highest BCUT2D eigenvalue weighted by Gasteiger charge is 2.32. The van der Waals surface area contributed by atoms with Crippen molar-refractivity contribution in [2.45, 2.75) is 65.1 Å². The number of halogens is 1. The van der Waals surface area contributed by atoms with E-state index in [1.54, 1.807) is 55.5 Å². The molecule has 0 saturated carbocycles. The van der Waals surface area contributed by atoms with Crippen LogP contribution in [0.5, 0.6) is 0 Å². The van der Waals surface area contributed by atoms with Crippen molar-refractivity contribution >= 4 is 39.1 Å². The molecule has 1 atom stereocenters. The number of hydrogen-bond donors (Lipinski definition) is 1. The minimum atomic E-state index is -4.10. The Hall–Kier alpha value is -3.36. The van der Waals surface area contributed by atoms with Gasteiger partial charge in [-0.15, -0.1) is 0 Å². The molecule has 0 saturated heterocycles. The second-order valence-corrected chi connectivity index (χ2v) is 12.4. The molecule has 39 heavy (non-hydrogen) atoms. The summed E-state index contributed by atoms with van der Waals surface area (Å²) in [5, 5.41) is 3.40. The van der Waals surface area contributed by atoms with E-state index >= 15 is 0 Å². The van der Waals surface area contributed by atoms with E-state index in [1.807, 2.05) is 40.7 Å². The Morgan fingerprint density at radius 2 is 1.49 bits per heavy atom. The molecule has 0 aromatic heterocycles. The highest BCUT2D eigenvalue weighted by Crippen LogP contribution is 2.27. The van der Waals surface area contributed by atoms with Crippen LogP contribution in [0.2, 0.25) is 5.02 Å². The minimum absolute atomic E-state index is 0.0778. The monoisotopic (exact) mass is 569 g/mol. The van der Waals surface area contributed by atoms with Gasteiger partial charge >= 0.3 is 0 Å². The van der Waals surface area contributed by atoms with E-state index in [9.17, 15) is 18.0 Å². The second kappa shape index (κ2) is 12.7. The van der Waals surface area contributed by atoms with Crippen LogP contribution in [-0.2, 0) is 26.2 Å². The number of amides is 2. The molecule has 0 unspecified atom stereocenters. The van der Waals surface area contributed by atoms with Crippen LogP contribution in [0.15, 0.2) is 71.6 Å². The van der Waals surface area contributed by atoms with Crippen molar-refractivity contribution in [1.29, 1.82) is 0 Å². The molecule has 3 aromatic rings. The molecule has 0 spiro atoms. The van der Waals surface area contributed by atoms with Crippen molar-refractivity contribution in [2.75, 3.05) is 10.8 Å². The van der Waals surface area contributed by atoms with Crippen molar-refractivity contribution in [1.82, 2.24) is 10.2 Å². The molecular weight excluding hydrogens is 534 g/mol. The average Bonchev–Trinajstić information content (AvgIpc) is 2.88. The number of anilines is 1. The van der Waals surface area contributed by atoms with Gasteiger partial charge in [0.2, 0.25) is 11.8 Å². The summed E-state index contributed by atoms with van der Waals surface area (Å²) in [6.45, 7) is 10.6. The maximum Gasteiger partial charge on any atom is 0.264 e. The van der Waals surface area contributed by atoms with Gasteiger partial charge < -0.3 is 10.2 Å². The molecule has 0 heterocycles. The van der Waals surface area contributed by atoms with Crippen LogP contribution in [0.3, 0.4) is 0 Å². The third-order valence-corrected chi connectivity index (χ3v) is 8.57. The Labute approximate surface area is 236 Å². The molecule has 2 amide bonds. The fourth-order valence-electron chi connectivity index (χ4n) is 4.02. The van der Waals surface area contributed by atoms with Gasteiger partial charge in [-0.3, -0.25) is 13.9 Å². The predicted molar refractivity (Wildman–Crippen MR) is 156 cm³/mol. The lowest BCUT2D eigenvalue weighted by atomic mass is 10.1. The largest absolute Gasteiger partial charge is 0.352 e. The van der Waals surface area contributed by atoms with Crippen LogP contribution < -0.4 is 9.62 Å². The van der Waals surface area contributed by atoms with Gasteiger partial charge in [0, 0.05) is 17.6 Å². The van der Waals surface area contributed by atoms with E-state index < -0.39 is 28.5 Å². The van der Waals surface area contributed by atoms with Crippen LogP contribution >= 0.6 is 11.6 Å². The molecule has 0 aliphatic rings. The number of nitrogens with one attached hydrogen (secondary N) is 1. The fourth-order valence-corrected chi connectivity index (χ4v) is 5.55. The minimum Gasteiger partial charge on any atom is -0.352 e. The molecular formula is C30H36ClN3O4S. The average molecular weight is 570 g/mol. The number of benzene rings is 3. The Morgan fingerprint density at radius 1 is 0.872 bits per heavy atom. The molecule has 7 nitrogen and oxygen atoms in total. The summed E-state index contributed by atoms with van der Waals surface area (Å²) in [7, 11) is -4.10. The molecule has 9 heteroatoms. The van der Waals surface area contributed by atoms with Crippen molar-refractivity contribution < 1.29 is 18.0 Å². The van der Waals surface area contributed by atoms with Gasteiger partial charge in [0.25, 0.3) is 10.0 Å². The summed E-state index contributed by atoms with van der Waals surface area (Å²) in [5.41, 5.74) is 3.95. The number of hydrogen-bond acceptors (Lipinski definition) is 4. The van der Waals surface area contributed by atoms with E-state index in [1.165, 1.54) is 17.0 Å². The Balaban J connectivity index is 2.05. The lowest BCUT2D eigenvalue weighted by Gasteiger charge is -2.32. The first kappa shape index (κ1) is 30.2. The lowest BCUT2D eigenvalue weighted by Crippen LogP contribution is -2.52. The lowest BCUT2D eigenvalue weighted by molar-refractivity contribution is -0.139. The van der Waals surface area contributed by atoms with Crippen molar-refractivity contribution in [3.8, 4) is 0 Å². The second-order valence-electron chi connectivity index (χ2n) is 10.1. The van der Waals surface area contributed by atoms with E-state index in [4.69, 9.17) is 11.6 Å². The number of nitrogens with zero attached hydrogens (tertiary/aromatic N) is 2. The maximum absolute atomic E-state index is 13.9. The third kappa shape index (κ3) is 7.61. The number of rotatable bonds is 10. The number of aryl methyl sites for hydroxylation is 3. The summed E-state index contributed by atoms with van der Waals surface area (Å²) in [5.74, 6) is -0.836. The van der Waals surface area contributed by atoms with Gasteiger partial charge in [0.1, 0.15) is 12.6 Å². The van der Waals surface area contributed by atoms with E-state index in [0.29, 0.717) is 10.7 Å². The topological polar surface area (TPSA) is 86.8 Å². The number of sulfonamides is 1. The van der Waals surface area contributed by atoms with Crippen LogP contribution in [0.25, 0.3) is 0 Å². The van der Waals surface area contributed by atoms with Crippen molar-refractivity contribution in [2.24, 2.45) is 0 Å². The smallest absolute Gasteiger partial charge is 0.264 e. The molecule has 0 aliphatic carbocycles. The SMILES string of the molecule is Cc1ccc(S(=O)(=O)N(CC(=O)N(Cc2ccc(Cl)cc2)[C@@H](C)C(=O)NC(C)C)c2ccc(C)c(C)c2)cc1. The standard InChI is InChI=1S/C30H36ClN3O4S/c1-20(2)32-30(36)24(6)33(18-25-10-12-26(31)13-11-25)29(35)19-34(27-14-9-22(4)23(5)17-27)39(37,38)28-15-7-21(3)8-16-28/h7-17,20,24H,18-19H2,1-6H3,(H,32,36)/t24-/m0/s1. The first-order valence-electron chi connectivity index (χ1n) is 12.8. The van der Waals surface area contributed by atoms with E-state index in [-0.39, 0.29) is 23.4 Å². The van der Waals surface area contributed by atoms with Crippen molar-refractivity contribution in [3.05, 3.63) is 94.0 Å². The van der Waals surface area contributed by atoms with Gasteiger partial charge in [-0.2, -0.15) is 0 Å². The van der Waals surface area contributed by atoms with Crippen LogP contribution in [0.1, 0.15) is 43.0 Å². The normalized spacial score (nSPS) is 12.2. The van der Waals surface area contributed by atoms with Gasteiger partial charge in [-0.1, -0.05) is 47.5 Å². The van der Waals surface area contributed by atoms with Gasteiger partial charge in [0.15, 0.2) is 0 Å². The summed E-state index contributed by atoms with van der Waals surface area (Å²) < 4.78 is 28.9. The van der Waals surface area contributed by atoms with Gasteiger partial charge in [-0.25, -0.2) is 8.42 Å². The van der Waals surface area contributed by atoms with Gasteiger partial charge in [-0.05, 0) is 94.6 Å². The summed E-state index contributed by atoms with van der Waals surface area (Å²) >= 11 is 6.04. The zero-order chi connectivity index (χ0) is 28.9. The number of carbonyl (C=O) groups is 2. The van der Waals surface area contributed by atoms with E-state index in [2.05, 4.69) is 5.32 Å². The molecule has 3 rings (SSSR count). The zero-order valence-corrected chi connectivity index (χ0v) is 24.8. The molecule has 0 radical (unpaired) electrons. The van der Waals surface area contributed by atoms with E-state index in [0.717, 1.165) is 26.6 Å². The fraction of sp³-hybridized carbons (Fsp3) is 0.333. The molecule has 0 bridgehead atoms.